The molecule has 0 heterocycles. The molecule has 1 rings (SSSR count). The van der Waals surface area contributed by atoms with Crippen molar-refractivity contribution in [3.05, 3.63) is 34.9 Å². The molecule has 0 aliphatic heterocycles. The third kappa shape index (κ3) is 5.40. The number of ether oxygens (including phenoxy) is 2. The van der Waals surface area contributed by atoms with Gasteiger partial charge in [-0.25, -0.2) is 0 Å². The Morgan fingerprint density at radius 1 is 0.950 bits per heavy atom. The van der Waals surface area contributed by atoms with Gasteiger partial charge in [-0.3, -0.25) is 14.5 Å². The molecular formula is C15H21NO4. The Labute approximate surface area is 119 Å². The van der Waals surface area contributed by atoms with E-state index in [0.717, 1.165) is 16.7 Å². The molecule has 5 nitrogen and oxygen atoms in total. The third-order valence-electron chi connectivity index (χ3n) is 2.85. The topological polar surface area (TPSA) is 55.8 Å². The molecule has 110 valence electrons. The average molecular weight is 279 g/mol. The predicted molar refractivity (Wildman–Crippen MR) is 75.2 cm³/mol. The number of methoxy groups -OCH3 is 2. The normalized spacial score (nSPS) is 10.4. The van der Waals surface area contributed by atoms with Crippen molar-refractivity contribution in [2.24, 2.45) is 0 Å². The van der Waals surface area contributed by atoms with E-state index in [1.54, 1.807) is 4.90 Å². The van der Waals surface area contributed by atoms with Crippen LogP contribution in [-0.4, -0.2) is 44.1 Å². The minimum atomic E-state index is -0.377. The summed E-state index contributed by atoms with van der Waals surface area (Å²) in [5.41, 5.74) is 3.35. The Hall–Kier alpha value is -1.88. The molecule has 0 amide bonds. The number of aryl methyl sites for hydroxylation is 2. The molecule has 20 heavy (non-hydrogen) atoms. The van der Waals surface area contributed by atoms with Crippen LogP contribution in [0.5, 0.6) is 0 Å². The molecular weight excluding hydrogens is 258 g/mol. The molecule has 0 N–H and O–H groups in total. The van der Waals surface area contributed by atoms with Gasteiger partial charge in [0.15, 0.2) is 0 Å². The van der Waals surface area contributed by atoms with Crippen molar-refractivity contribution >= 4 is 11.9 Å². The molecule has 0 atom stereocenters. The summed E-state index contributed by atoms with van der Waals surface area (Å²) < 4.78 is 9.30. The van der Waals surface area contributed by atoms with E-state index in [0.29, 0.717) is 6.54 Å². The summed E-state index contributed by atoms with van der Waals surface area (Å²) in [7, 11) is 2.66. The van der Waals surface area contributed by atoms with Crippen LogP contribution in [0.3, 0.4) is 0 Å². The zero-order chi connectivity index (χ0) is 15.1. The maximum Gasteiger partial charge on any atom is 0.319 e. The lowest BCUT2D eigenvalue weighted by Gasteiger charge is -2.20. The first-order valence-corrected chi connectivity index (χ1v) is 6.37. The number of hydrogen-bond acceptors (Lipinski definition) is 5. The summed E-state index contributed by atoms with van der Waals surface area (Å²) in [6, 6.07) is 6.15. The van der Waals surface area contributed by atoms with Crippen molar-refractivity contribution in [3.63, 3.8) is 0 Å². The van der Waals surface area contributed by atoms with Crippen LogP contribution in [0.1, 0.15) is 16.7 Å². The van der Waals surface area contributed by atoms with E-state index in [1.165, 1.54) is 14.2 Å². The summed E-state index contributed by atoms with van der Waals surface area (Å²) in [6.45, 7) is 4.63. The predicted octanol–water partition coefficient (Wildman–Crippen LogP) is 1.45. The summed E-state index contributed by atoms with van der Waals surface area (Å²) in [5.74, 6) is -0.753. The van der Waals surface area contributed by atoms with Gasteiger partial charge in [-0.05, 0) is 19.4 Å². The minimum Gasteiger partial charge on any atom is -0.468 e. The molecule has 0 unspecified atom stereocenters. The van der Waals surface area contributed by atoms with E-state index in [9.17, 15) is 9.59 Å². The molecule has 0 aliphatic rings. The first kappa shape index (κ1) is 16.2. The summed E-state index contributed by atoms with van der Waals surface area (Å²) in [6.07, 6.45) is 0. The minimum absolute atomic E-state index is 0.0542. The van der Waals surface area contributed by atoms with E-state index >= 15 is 0 Å². The number of carbonyl (C=O) groups excluding carboxylic acids is 2. The van der Waals surface area contributed by atoms with Gasteiger partial charge < -0.3 is 9.47 Å². The van der Waals surface area contributed by atoms with Crippen molar-refractivity contribution < 1.29 is 19.1 Å². The second-order valence-corrected chi connectivity index (χ2v) is 4.79. The number of hydrogen-bond donors (Lipinski definition) is 0. The highest BCUT2D eigenvalue weighted by molar-refractivity contribution is 5.74. The van der Waals surface area contributed by atoms with Gasteiger partial charge in [-0.1, -0.05) is 29.3 Å². The summed E-state index contributed by atoms with van der Waals surface area (Å²) >= 11 is 0. The monoisotopic (exact) mass is 279 g/mol. The standard InChI is InChI=1S/C15H21NO4/c1-11-5-12(2)7-13(6-11)8-16(9-14(17)19-3)10-15(18)20-4/h5-7H,8-10H2,1-4H3. The molecule has 0 aromatic heterocycles. The quantitative estimate of drug-likeness (QED) is 0.738. The third-order valence-corrected chi connectivity index (χ3v) is 2.85. The van der Waals surface area contributed by atoms with E-state index in [2.05, 4.69) is 15.5 Å². The van der Waals surface area contributed by atoms with Gasteiger partial charge in [0.1, 0.15) is 0 Å². The van der Waals surface area contributed by atoms with Crippen LogP contribution < -0.4 is 0 Å². The molecule has 1 aromatic rings. The average Bonchev–Trinajstić information content (AvgIpc) is 2.36. The van der Waals surface area contributed by atoms with Crippen LogP contribution in [0.2, 0.25) is 0 Å². The molecule has 1 aromatic carbocycles. The first-order chi connectivity index (χ1) is 9.44. The van der Waals surface area contributed by atoms with Gasteiger partial charge in [0.2, 0.25) is 0 Å². The van der Waals surface area contributed by atoms with Crippen molar-refractivity contribution in [1.82, 2.24) is 4.90 Å². The highest BCUT2D eigenvalue weighted by Crippen LogP contribution is 2.11. The first-order valence-electron chi connectivity index (χ1n) is 6.37. The fraction of sp³-hybridized carbons (Fsp3) is 0.467. The summed E-state index contributed by atoms with van der Waals surface area (Å²) in [5, 5.41) is 0. The molecule has 0 bridgehead atoms. The molecule has 0 spiro atoms. The molecule has 0 saturated heterocycles. The fourth-order valence-electron chi connectivity index (χ4n) is 2.08. The maximum absolute atomic E-state index is 11.4. The van der Waals surface area contributed by atoms with Gasteiger partial charge in [0.25, 0.3) is 0 Å². The molecule has 0 fully saturated rings. The smallest absolute Gasteiger partial charge is 0.319 e. The molecule has 0 aliphatic carbocycles. The van der Waals surface area contributed by atoms with Crippen molar-refractivity contribution in [2.45, 2.75) is 20.4 Å². The SMILES string of the molecule is COC(=O)CN(CC(=O)OC)Cc1cc(C)cc(C)c1. The second kappa shape index (κ2) is 7.65. The van der Waals surface area contributed by atoms with Crippen molar-refractivity contribution in [1.29, 1.82) is 0 Å². The highest BCUT2D eigenvalue weighted by Gasteiger charge is 2.16. The Morgan fingerprint density at radius 3 is 1.80 bits per heavy atom. The van der Waals surface area contributed by atoms with Crippen LogP contribution in [0.4, 0.5) is 0 Å². The Kier molecular flexibility index (Phi) is 6.18. The number of carbonyl (C=O) groups is 2. The van der Waals surface area contributed by atoms with Gasteiger partial charge >= 0.3 is 11.9 Å². The van der Waals surface area contributed by atoms with Crippen molar-refractivity contribution in [3.8, 4) is 0 Å². The molecule has 0 radical (unpaired) electrons. The largest absolute Gasteiger partial charge is 0.468 e. The maximum atomic E-state index is 11.4. The van der Waals surface area contributed by atoms with E-state index in [1.807, 2.05) is 26.0 Å². The van der Waals surface area contributed by atoms with E-state index in [-0.39, 0.29) is 25.0 Å². The fourth-order valence-corrected chi connectivity index (χ4v) is 2.08. The molecule has 0 saturated carbocycles. The lowest BCUT2D eigenvalue weighted by atomic mass is 10.1. The lowest BCUT2D eigenvalue weighted by Crippen LogP contribution is -2.35. The van der Waals surface area contributed by atoms with Crippen LogP contribution in [0.25, 0.3) is 0 Å². The van der Waals surface area contributed by atoms with Crippen LogP contribution >= 0.6 is 0 Å². The number of nitrogens with zero attached hydrogens (tertiary/aromatic N) is 1. The van der Waals surface area contributed by atoms with Gasteiger partial charge in [-0.15, -0.1) is 0 Å². The second-order valence-electron chi connectivity index (χ2n) is 4.79. The van der Waals surface area contributed by atoms with Gasteiger partial charge in [-0.2, -0.15) is 0 Å². The van der Waals surface area contributed by atoms with Gasteiger partial charge in [0, 0.05) is 6.54 Å². The number of rotatable bonds is 6. The van der Waals surface area contributed by atoms with Crippen LogP contribution in [-0.2, 0) is 25.6 Å². The van der Waals surface area contributed by atoms with E-state index in [4.69, 9.17) is 0 Å². The van der Waals surface area contributed by atoms with Crippen molar-refractivity contribution in [2.75, 3.05) is 27.3 Å². The lowest BCUT2D eigenvalue weighted by molar-refractivity contribution is -0.145. The zero-order valence-corrected chi connectivity index (χ0v) is 12.4. The van der Waals surface area contributed by atoms with Gasteiger partial charge in [0.05, 0.1) is 27.3 Å². The Morgan fingerprint density at radius 2 is 1.40 bits per heavy atom. The number of benzene rings is 1. The van der Waals surface area contributed by atoms with Crippen LogP contribution in [0, 0.1) is 13.8 Å². The summed E-state index contributed by atoms with van der Waals surface area (Å²) in [4.78, 5) is 24.5. The molecule has 5 heteroatoms. The highest BCUT2D eigenvalue weighted by atomic mass is 16.5. The Bertz CT molecular complexity index is 447. The zero-order valence-electron chi connectivity index (χ0n) is 12.4. The van der Waals surface area contributed by atoms with E-state index < -0.39 is 0 Å². The van der Waals surface area contributed by atoms with Crippen LogP contribution in [0.15, 0.2) is 18.2 Å². The number of esters is 2. The Balaban J connectivity index is 2.81.